The second kappa shape index (κ2) is 5.91. The van der Waals surface area contributed by atoms with Gasteiger partial charge in [0.05, 0.1) is 6.20 Å². The molecule has 1 N–H and O–H groups in total. The maximum atomic E-state index is 13.0. The number of carbonyl (C=O) groups is 1. The van der Waals surface area contributed by atoms with Crippen LogP contribution < -0.4 is 5.32 Å². The molecule has 3 rings (SSSR count). The van der Waals surface area contributed by atoms with E-state index in [0.717, 1.165) is 23.6 Å². The van der Waals surface area contributed by atoms with Crippen LogP contribution in [0, 0.1) is 11.3 Å². The summed E-state index contributed by atoms with van der Waals surface area (Å²) in [5, 5.41) is 19.0. The van der Waals surface area contributed by atoms with Crippen LogP contribution in [-0.4, -0.2) is 25.5 Å². The average molecular weight is 352 g/mol. The van der Waals surface area contributed by atoms with Gasteiger partial charge in [-0.2, -0.15) is 28.6 Å². The van der Waals surface area contributed by atoms with Crippen LogP contribution in [0.1, 0.15) is 48.7 Å². The third-order valence-electron chi connectivity index (χ3n) is 4.10. The number of carbonyl (C=O) groups excluding carboxylic acids is 1. The van der Waals surface area contributed by atoms with Crippen LogP contribution in [0.25, 0.3) is 0 Å². The lowest BCUT2D eigenvalue weighted by Crippen LogP contribution is -2.27. The van der Waals surface area contributed by atoms with Crippen LogP contribution >= 0.6 is 0 Å². The molecule has 0 aliphatic heterocycles. The Balaban J connectivity index is 1.88. The number of alkyl halides is 3. The second-order valence-corrected chi connectivity index (χ2v) is 5.98. The number of aryl methyl sites for hydroxylation is 1. The van der Waals surface area contributed by atoms with Crippen molar-refractivity contribution in [2.24, 2.45) is 7.05 Å². The summed E-state index contributed by atoms with van der Waals surface area (Å²) in [5.74, 6) is -0.389. The van der Waals surface area contributed by atoms with Gasteiger partial charge in [0, 0.05) is 18.7 Å². The number of aromatic nitrogens is 4. The van der Waals surface area contributed by atoms with Crippen LogP contribution in [0.15, 0.2) is 12.3 Å². The first-order chi connectivity index (χ1) is 11.7. The van der Waals surface area contributed by atoms with Gasteiger partial charge >= 0.3 is 6.18 Å². The van der Waals surface area contributed by atoms with Gasteiger partial charge in [-0.1, -0.05) is 0 Å². The van der Waals surface area contributed by atoms with Gasteiger partial charge in [-0.15, -0.1) is 0 Å². The molecule has 1 aliphatic carbocycles. The molecular formula is C15H15F3N6O. The molecule has 0 radical (unpaired) electrons. The van der Waals surface area contributed by atoms with Crippen molar-refractivity contribution < 1.29 is 18.0 Å². The van der Waals surface area contributed by atoms with E-state index in [2.05, 4.69) is 15.5 Å². The summed E-state index contributed by atoms with van der Waals surface area (Å²) >= 11 is 0. The number of nitrogens with zero attached hydrogens (tertiary/aromatic N) is 5. The van der Waals surface area contributed by atoms with Crippen molar-refractivity contribution >= 4 is 11.7 Å². The van der Waals surface area contributed by atoms with Gasteiger partial charge in [0.2, 0.25) is 5.91 Å². The summed E-state index contributed by atoms with van der Waals surface area (Å²) < 4.78 is 41.3. The van der Waals surface area contributed by atoms with Crippen LogP contribution in [0.2, 0.25) is 0 Å². The van der Waals surface area contributed by atoms with Crippen LogP contribution in [0.3, 0.4) is 0 Å². The molecule has 0 aromatic carbocycles. The molecule has 1 unspecified atom stereocenters. The molecule has 0 saturated heterocycles. The van der Waals surface area contributed by atoms with Crippen molar-refractivity contribution in [3.05, 3.63) is 29.2 Å². The van der Waals surface area contributed by atoms with Gasteiger partial charge in [-0.3, -0.25) is 14.2 Å². The summed E-state index contributed by atoms with van der Waals surface area (Å²) in [4.78, 5) is 12.5. The topological polar surface area (TPSA) is 88.5 Å². The Morgan fingerprint density at radius 3 is 2.72 bits per heavy atom. The predicted octanol–water partition coefficient (Wildman–Crippen LogP) is 2.58. The van der Waals surface area contributed by atoms with Gasteiger partial charge in [-0.05, 0) is 25.8 Å². The number of rotatable bonds is 4. The molecule has 2 aromatic rings. The van der Waals surface area contributed by atoms with E-state index in [-0.39, 0.29) is 17.3 Å². The minimum atomic E-state index is -4.57. The average Bonchev–Trinajstić information content (AvgIpc) is 3.19. The van der Waals surface area contributed by atoms with E-state index in [0.29, 0.717) is 5.69 Å². The molecule has 2 aromatic heterocycles. The van der Waals surface area contributed by atoms with Crippen molar-refractivity contribution in [1.82, 2.24) is 19.6 Å². The quantitative estimate of drug-likeness (QED) is 0.916. The molecule has 1 saturated carbocycles. The summed E-state index contributed by atoms with van der Waals surface area (Å²) in [6.07, 6.45) is -1.72. The Morgan fingerprint density at radius 2 is 2.16 bits per heavy atom. The number of anilines is 1. The molecule has 10 heteroatoms. The van der Waals surface area contributed by atoms with Gasteiger partial charge < -0.3 is 5.32 Å². The minimum absolute atomic E-state index is 0.00905. The normalized spacial score (nSPS) is 15.7. The Bertz CT molecular complexity index is 856. The van der Waals surface area contributed by atoms with E-state index in [1.807, 2.05) is 6.07 Å². The smallest absolute Gasteiger partial charge is 0.308 e. The largest absolute Gasteiger partial charge is 0.435 e. The van der Waals surface area contributed by atoms with Crippen LogP contribution in [-0.2, 0) is 18.0 Å². The third-order valence-corrected chi connectivity index (χ3v) is 4.10. The van der Waals surface area contributed by atoms with Gasteiger partial charge in [0.25, 0.3) is 0 Å². The Kier molecular flexibility index (Phi) is 4.02. The van der Waals surface area contributed by atoms with Gasteiger partial charge in [0.15, 0.2) is 5.69 Å². The Labute approximate surface area is 141 Å². The number of hydrogen-bond donors (Lipinski definition) is 1. The number of hydrogen-bond acceptors (Lipinski definition) is 4. The molecule has 1 aliphatic rings. The van der Waals surface area contributed by atoms with E-state index in [1.165, 1.54) is 17.8 Å². The summed E-state index contributed by atoms with van der Waals surface area (Å²) in [7, 11) is 1.55. The molecular weight excluding hydrogens is 337 g/mol. The van der Waals surface area contributed by atoms with Crippen LogP contribution in [0.5, 0.6) is 0 Å². The van der Waals surface area contributed by atoms with Crippen LogP contribution in [0.4, 0.5) is 19.0 Å². The Hall–Kier alpha value is -2.83. The molecule has 1 fully saturated rings. The van der Waals surface area contributed by atoms with Crippen molar-refractivity contribution in [1.29, 1.82) is 5.26 Å². The summed E-state index contributed by atoms with van der Waals surface area (Å²) in [5.41, 5.74) is -0.435. The van der Waals surface area contributed by atoms with E-state index in [9.17, 15) is 18.0 Å². The molecule has 7 nitrogen and oxygen atoms in total. The molecule has 2 heterocycles. The highest BCUT2D eigenvalue weighted by Gasteiger charge is 2.39. The number of nitriles is 1. The fraction of sp³-hybridized carbons (Fsp3) is 0.467. The van der Waals surface area contributed by atoms with Crippen molar-refractivity contribution in [3.8, 4) is 6.07 Å². The van der Waals surface area contributed by atoms with E-state index in [1.54, 1.807) is 7.05 Å². The van der Waals surface area contributed by atoms with Gasteiger partial charge in [-0.25, -0.2) is 0 Å². The zero-order chi connectivity index (χ0) is 18.4. The first-order valence-electron chi connectivity index (χ1n) is 7.62. The molecule has 0 bridgehead atoms. The minimum Gasteiger partial charge on any atom is -0.308 e. The fourth-order valence-electron chi connectivity index (χ4n) is 2.54. The van der Waals surface area contributed by atoms with E-state index >= 15 is 0 Å². The fourth-order valence-corrected chi connectivity index (χ4v) is 2.54. The SMILES string of the molecule is CC(C(=O)Nc1c(C#N)cnn1C)n1nc(C(F)(F)F)cc1C1CC1. The molecule has 1 atom stereocenters. The molecule has 1 amide bonds. The monoisotopic (exact) mass is 352 g/mol. The zero-order valence-electron chi connectivity index (χ0n) is 13.5. The summed E-state index contributed by atoms with van der Waals surface area (Å²) in [6, 6.07) is 1.94. The molecule has 0 spiro atoms. The maximum absolute atomic E-state index is 13.0. The van der Waals surface area contributed by atoms with Gasteiger partial charge in [0.1, 0.15) is 23.5 Å². The zero-order valence-corrected chi connectivity index (χ0v) is 13.5. The van der Waals surface area contributed by atoms with E-state index < -0.39 is 23.8 Å². The van der Waals surface area contributed by atoms with Crippen molar-refractivity contribution in [3.63, 3.8) is 0 Å². The lowest BCUT2D eigenvalue weighted by Gasteiger charge is -2.16. The summed E-state index contributed by atoms with van der Waals surface area (Å²) in [6.45, 7) is 1.47. The van der Waals surface area contributed by atoms with Crippen molar-refractivity contribution in [2.75, 3.05) is 5.32 Å². The molecule has 132 valence electrons. The van der Waals surface area contributed by atoms with E-state index in [4.69, 9.17) is 5.26 Å². The highest BCUT2D eigenvalue weighted by molar-refractivity contribution is 5.93. The number of halogens is 3. The number of amides is 1. The van der Waals surface area contributed by atoms with Crippen molar-refractivity contribution in [2.45, 2.75) is 37.9 Å². The Morgan fingerprint density at radius 1 is 1.48 bits per heavy atom. The highest BCUT2D eigenvalue weighted by atomic mass is 19.4. The lowest BCUT2D eigenvalue weighted by molar-refractivity contribution is -0.141. The maximum Gasteiger partial charge on any atom is 0.435 e. The lowest BCUT2D eigenvalue weighted by atomic mass is 10.2. The second-order valence-electron chi connectivity index (χ2n) is 5.98. The first-order valence-corrected chi connectivity index (χ1v) is 7.62. The number of nitrogens with one attached hydrogen (secondary N) is 1. The predicted molar refractivity (Wildman–Crippen MR) is 80.5 cm³/mol. The molecule has 25 heavy (non-hydrogen) atoms. The first kappa shape index (κ1) is 17.0. The standard InChI is InChI=1S/C15H15F3N6O/c1-8(14(25)21-13-10(6-19)7-20-23(13)2)24-11(9-3-4-9)5-12(22-24)15(16,17)18/h5,7-9H,3-4H2,1-2H3,(H,21,25). The highest BCUT2D eigenvalue weighted by Crippen LogP contribution is 2.43. The third kappa shape index (κ3) is 3.22.